The van der Waals surface area contributed by atoms with Gasteiger partial charge in [0.15, 0.2) is 17.6 Å². The van der Waals surface area contributed by atoms with Gasteiger partial charge in [-0.05, 0) is 53.9 Å². The largest absolute Gasteiger partial charge is 0.485 e. The zero-order valence-electron chi connectivity index (χ0n) is 20.9. The minimum atomic E-state index is -4.20. The molecule has 0 bridgehead atoms. The van der Waals surface area contributed by atoms with Crippen LogP contribution in [0, 0.1) is 10.1 Å². The Bertz CT molecular complexity index is 1490. The summed E-state index contributed by atoms with van der Waals surface area (Å²) >= 11 is 0. The van der Waals surface area contributed by atoms with E-state index in [0.717, 1.165) is 36.9 Å². The SMILES string of the molecule is COC(=O)C(Cc1ccc2c(c1)OCC(c1ccc(OC(C)=O)cc1)O2)NS(=O)(=O)c1ccc([N+](=O)[O-])cc1. The van der Waals surface area contributed by atoms with E-state index in [0.29, 0.717) is 22.8 Å². The van der Waals surface area contributed by atoms with Crippen LogP contribution in [0.1, 0.15) is 24.2 Å². The van der Waals surface area contributed by atoms with Crippen molar-refractivity contribution in [3.63, 3.8) is 0 Å². The Hall–Kier alpha value is -4.49. The van der Waals surface area contributed by atoms with Gasteiger partial charge in [-0.1, -0.05) is 18.2 Å². The average Bonchev–Trinajstić information content (AvgIpc) is 2.92. The summed E-state index contributed by atoms with van der Waals surface area (Å²) in [4.78, 5) is 33.5. The number of fused-ring (bicyclic) bond motifs is 1. The molecule has 0 aromatic heterocycles. The lowest BCUT2D eigenvalue weighted by atomic mass is 10.0. The maximum atomic E-state index is 12.9. The molecule has 1 aliphatic rings. The molecule has 2 atom stereocenters. The first-order valence-corrected chi connectivity index (χ1v) is 13.1. The van der Waals surface area contributed by atoms with Crippen LogP contribution in [-0.2, 0) is 30.8 Å². The quantitative estimate of drug-likeness (QED) is 0.179. The molecule has 0 amide bonds. The molecule has 1 aliphatic heterocycles. The second-order valence-corrected chi connectivity index (χ2v) is 10.2. The van der Waals surface area contributed by atoms with Crippen LogP contribution in [0.2, 0.25) is 0 Å². The number of nitrogens with one attached hydrogen (secondary N) is 1. The van der Waals surface area contributed by atoms with Crippen molar-refractivity contribution >= 4 is 27.6 Å². The molecule has 4 rings (SSSR count). The number of carbonyl (C=O) groups is 2. The Morgan fingerprint density at radius 2 is 1.77 bits per heavy atom. The van der Waals surface area contributed by atoms with Crippen molar-refractivity contribution in [1.29, 1.82) is 0 Å². The summed E-state index contributed by atoms with van der Waals surface area (Å²) in [6.45, 7) is 1.51. The number of nitro groups is 1. The molecule has 0 radical (unpaired) electrons. The van der Waals surface area contributed by atoms with Crippen LogP contribution in [0.25, 0.3) is 0 Å². The molecule has 0 aliphatic carbocycles. The van der Waals surface area contributed by atoms with Crippen LogP contribution in [0.4, 0.5) is 5.69 Å². The Balaban J connectivity index is 1.47. The van der Waals surface area contributed by atoms with Crippen LogP contribution in [0.15, 0.2) is 71.6 Å². The monoisotopic (exact) mass is 556 g/mol. The average molecular weight is 557 g/mol. The van der Waals surface area contributed by atoms with Crippen LogP contribution >= 0.6 is 0 Å². The van der Waals surface area contributed by atoms with Crippen molar-refractivity contribution in [3.8, 4) is 17.2 Å². The minimum Gasteiger partial charge on any atom is -0.485 e. The number of benzene rings is 3. The minimum absolute atomic E-state index is 0.0590. The number of ether oxygens (including phenoxy) is 4. The van der Waals surface area contributed by atoms with Crippen molar-refractivity contribution in [2.45, 2.75) is 30.4 Å². The van der Waals surface area contributed by atoms with E-state index in [1.165, 1.54) is 6.92 Å². The van der Waals surface area contributed by atoms with Gasteiger partial charge in [0.25, 0.3) is 5.69 Å². The van der Waals surface area contributed by atoms with E-state index in [1.807, 2.05) is 0 Å². The van der Waals surface area contributed by atoms with Crippen molar-refractivity contribution in [2.75, 3.05) is 13.7 Å². The van der Waals surface area contributed by atoms with Crippen molar-refractivity contribution in [3.05, 3.63) is 88.0 Å². The summed E-state index contributed by atoms with van der Waals surface area (Å²) < 4.78 is 49.8. The zero-order chi connectivity index (χ0) is 28.2. The summed E-state index contributed by atoms with van der Waals surface area (Å²) in [5.74, 6) is 0.0607. The van der Waals surface area contributed by atoms with E-state index < -0.39 is 39.0 Å². The van der Waals surface area contributed by atoms with Crippen molar-refractivity contribution in [2.24, 2.45) is 0 Å². The van der Waals surface area contributed by atoms with Crippen molar-refractivity contribution in [1.82, 2.24) is 4.72 Å². The number of hydrogen-bond donors (Lipinski definition) is 1. The predicted octanol–water partition coefficient (Wildman–Crippen LogP) is 3.10. The number of esters is 2. The number of hydrogen-bond acceptors (Lipinski definition) is 10. The first-order valence-electron chi connectivity index (χ1n) is 11.6. The number of carbonyl (C=O) groups excluding carboxylic acids is 2. The molecule has 39 heavy (non-hydrogen) atoms. The molecule has 1 N–H and O–H groups in total. The van der Waals surface area contributed by atoms with Gasteiger partial charge in [0.1, 0.15) is 18.4 Å². The van der Waals surface area contributed by atoms with E-state index in [9.17, 15) is 28.1 Å². The summed E-state index contributed by atoms with van der Waals surface area (Å²) in [5, 5.41) is 10.9. The molecule has 0 saturated carbocycles. The Morgan fingerprint density at radius 3 is 2.38 bits per heavy atom. The summed E-state index contributed by atoms with van der Waals surface area (Å²) in [7, 11) is -3.06. The van der Waals surface area contributed by atoms with Gasteiger partial charge in [-0.25, -0.2) is 8.42 Å². The van der Waals surface area contributed by atoms with Crippen LogP contribution in [0.5, 0.6) is 17.2 Å². The highest BCUT2D eigenvalue weighted by molar-refractivity contribution is 7.89. The molecule has 13 heteroatoms. The Kier molecular flexibility index (Phi) is 8.12. The maximum absolute atomic E-state index is 12.9. The number of sulfonamides is 1. The molecular formula is C26H24N2O10S. The Labute approximate surface area is 223 Å². The predicted molar refractivity (Wildman–Crippen MR) is 136 cm³/mol. The lowest BCUT2D eigenvalue weighted by Gasteiger charge is -2.27. The molecule has 1 heterocycles. The second-order valence-electron chi connectivity index (χ2n) is 8.51. The molecule has 3 aromatic rings. The normalized spacial score (nSPS) is 15.2. The van der Waals surface area contributed by atoms with Gasteiger partial charge in [-0.15, -0.1) is 0 Å². The van der Waals surface area contributed by atoms with Crippen LogP contribution < -0.4 is 18.9 Å². The third-order valence-electron chi connectivity index (χ3n) is 5.76. The first-order chi connectivity index (χ1) is 18.6. The number of nitrogens with zero attached hydrogens (tertiary/aromatic N) is 1. The van der Waals surface area contributed by atoms with Gasteiger partial charge < -0.3 is 18.9 Å². The van der Waals surface area contributed by atoms with E-state index in [-0.39, 0.29) is 23.6 Å². The standard InChI is InChI=1S/C26H24N2O10S/c1-16(29)37-20-8-4-18(5-9-20)25-15-36-24-14-17(3-12-23(24)38-25)13-22(26(30)35-2)27-39(33,34)21-10-6-19(7-11-21)28(31)32/h3-12,14,22,25,27H,13,15H2,1-2H3. The van der Waals surface area contributed by atoms with Crippen molar-refractivity contribution < 1.29 is 41.9 Å². The zero-order valence-corrected chi connectivity index (χ0v) is 21.7. The fraction of sp³-hybridized carbons (Fsp3) is 0.231. The summed E-state index contributed by atoms with van der Waals surface area (Å²) in [6, 6.07) is 14.8. The van der Waals surface area contributed by atoms with Gasteiger partial charge >= 0.3 is 11.9 Å². The highest BCUT2D eigenvalue weighted by Gasteiger charge is 2.29. The Morgan fingerprint density at radius 1 is 1.08 bits per heavy atom. The summed E-state index contributed by atoms with van der Waals surface area (Å²) in [5.41, 5.74) is 1.12. The summed E-state index contributed by atoms with van der Waals surface area (Å²) in [6.07, 6.45) is -0.470. The highest BCUT2D eigenvalue weighted by Crippen LogP contribution is 2.37. The van der Waals surface area contributed by atoms with E-state index in [2.05, 4.69) is 4.72 Å². The van der Waals surface area contributed by atoms with E-state index in [4.69, 9.17) is 18.9 Å². The molecule has 204 valence electrons. The van der Waals surface area contributed by atoms with Crippen LogP contribution in [0.3, 0.4) is 0 Å². The number of methoxy groups -OCH3 is 1. The number of non-ortho nitro benzene ring substituents is 1. The lowest BCUT2D eigenvalue weighted by Crippen LogP contribution is -2.43. The van der Waals surface area contributed by atoms with Crippen LogP contribution in [-0.4, -0.2) is 45.0 Å². The molecule has 0 saturated heterocycles. The van der Waals surface area contributed by atoms with Gasteiger partial charge in [-0.3, -0.25) is 19.7 Å². The number of nitro benzene ring substituents is 1. The molecule has 3 aromatic carbocycles. The van der Waals surface area contributed by atoms with Gasteiger partial charge in [0.05, 0.1) is 16.9 Å². The topological polar surface area (TPSA) is 160 Å². The second kappa shape index (κ2) is 11.5. The first kappa shape index (κ1) is 27.5. The number of rotatable bonds is 9. The lowest BCUT2D eigenvalue weighted by molar-refractivity contribution is -0.384. The van der Waals surface area contributed by atoms with E-state index in [1.54, 1.807) is 42.5 Å². The van der Waals surface area contributed by atoms with Gasteiger partial charge in [-0.2, -0.15) is 4.72 Å². The molecule has 12 nitrogen and oxygen atoms in total. The third kappa shape index (κ3) is 6.69. The smallest absolute Gasteiger partial charge is 0.324 e. The highest BCUT2D eigenvalue weighted by atomic mass is 32.2. The molecular weight excluding hydrogens is 532 g/mol. The van der Waals surface area contributed by atoms with Gasteiger partial charge in [0.2, 0.25) is 10.0 Å². The maximum Gasteiger partial charge on any atom is 0.324 e. The molecule has 2 unspecified atom stereocenters. The fourth-order valence-electron chi connectivity index (χ4n) is 3.88. The molecule has 0 fully saturated rings. The van der Waals surface area contributed by atoms with E-state index >= 15 is 0 Å². The third-order valence-corrected chi connectivity index (χ3v) is 7.25. The molecule has 0 spiro atoms. The fourth-order valence-corrected chi connectivity index (χ4v) is 5.06. The van der Waals surface area contributed by atoms with Gasteiger partial charge in [0, 0.05) is 19.1 Å².